The van der Waals surface area contributed by atoms with Gasteiger partial charge in [0.1, 0.15) is 126 Å². The molecule has 0 radical (unpaired) electrons. The largest absolute Gasteiger partial charge is 0.506 e. The highest BCUT2D eigenvalue weighted by Crippen LogP contribution is 2.43. The molecule has 38 heteroatoms. The molecule has 0 spiro atoms. The number of aliphatic hydroxyl groups is 3. The number of hydrogen-bond acceptors (Lipinski definition) is 31. The van der Waals surface area contributed by atoms with Gasteiger partial charge in [0.15, 0.2) is 18.1 Å². The monoisotopic (exact) mass is 1520 g/mol. The second kappa shape index (κ2) is 29.7. The maximum absolute atomic E-state index is 15.2. The molecular weight excluding hydrogens is 1450 g/mol. The average Bonchev–Trinajstić information content (AvgIpc) is 1.62. The zero-order chi connectivity index (χ0) is 73.9. The van der Waals surface area contributed by atoms with Gasteiger partial charge in [-0.15, -0.1) is 56.7 Å². The molecule has 7 aromatic heterocycles. The number of cyclic esters (lactones) is 2. The molecule has 2 saturated heterocycles. The maximum atomic E-state index is 15.2. The van der Waals surface area contributed by atoms with E-state index in [4.69, 9.17) is 43.4 Å². The van der Waals surface area contributed by atoms with Gasteiger partial charge in [-0.25, -0.2) is 39.5 Å². The van der Waals surface area contributed by atoms with E-state index in [2.05, 4.69) is 41.5 Å². The molecule has 12 bridgehead atoms. The number of likely N-dealkylation sites (tertiary alicyclic amines) is 1. The predicted octanol–water partition coefficient (Wildman–Crippen LogP) is 4.26. The first-order chi connectivity index (χ1) is 49.7. The minimum atomic E-state index is -1.92. The number of nitrogens with one attached hydrogen (secondary N) is 5. The fraction of sp³-hybridized carbons (Fsp3) is 0.424. The number of rotatable bonds is 10. The first-order valence-corrected chi connectivity index (χ1v) is 37.0. The number of benzene rings is 1. The number of carbonyl (C=O) groups is 8. The van der Waals surface area contributed by atoms with Crippen molar-refractivity contribution in [3.05, 3.63) is 112 Å². The summed E-state index contributed by atoms with van der Waals surface area (Å²) in [5.74, 6) is -7.50. The fourth-order valence-corrected chi connectivity index (χ4v) is 17.5. The van der Waals surface area contributed by atoms with Crippen LogP contribution in [0.4, 0.5) is 0 Å². The van der Waals surface area contributed by atoms with Crippen molar-refractivity contribution in [2.24, 2.45) is 0 Å². The summed E-state index contributed by atoms with van der Waals surface area (Å²) in [7, 11) is 4.85. The molecule has 13 rings (SSSR count). The molecule has 104 heavy (non-hydrogen) atoms. The Labute approximate surface area is 611 Å². The van der Waals surface area contributed by atoms with Gasteiger partial charge in [0.05, 0.1) is 55.7 Å². The first kappa shape index (κ1) is 73.0. The van der Waals surface area contributed by atoms with Crippen molar-refractivity contribution in [2.75, 3.05) is 41.0 Å². The Hall–Kier alpha value is -9.32. The Morgan fingerprint density at radius 1 is 0.846 bits per heavy atom. The lowest BCUT2D eigenvalue weighted by Crippen LogP contribution is -2.62. The quantitative estimate of drug-likeness (QED) is 0.0519. The average molecular weight is 1520 g/mol. The van der Waals surface area contributed by atoms with Crippen LogP contribution in [0.3, 0.4) is 0 Å². The lowest BCUT2D eigenvalue weighted by molar-refractivity contribution is -0.280. The van der Waals surface area contributed by atoms with Gasteiger partial charge in [-0.3, -0.25) is 28.8 Å². The third-order valence-corrected chi connectivity index (χ3v) is 22.8. The lowest BCUT2D eigenvalue weighted by Gasteiger charge is -2.48. The van der Waals surface area contributed by atoms with E-state index < -0.39 is 145 Å². The number of nitrogens with zero attached hydrogens (tertiary/aromatic N) is 9. The molecule has 1 aromatic carbocycles. The highest BCUT2D eigenvalue weighted by molar-refractivity contribution is 7.14. The molecule has 12 heterocycles. The van der Waals surface area contributed by atoms with E-state index in [0.717, 1.165) is 56.7 Å². The van der Waals surface area contributed by atoms with Gasteiger partial charge in [0.2, 0.25) is 11.8 Å². The predicted molar refractivity (Wildman–Crippen MR) is 373 cm³/mol. The SMILES string of the molecule is CO/C(C)=C1/NC(=O)[C@H]([C@@H](C)O)NC(=O)c2csc(n2)-c2cc(O)c(-c3nc(C(=O)N[C@@H](C)C(=O)N4CCC[C@H]4CO)cs3)nc2-c2csc(n2)[C@@H]2COC(=O)c3c4c5c(cccc5n3O)COC(=O)[C@@H](O[C@H]3C[C@](C)(O)[C@H](N(C)C)[C@H](C)O3)[C@@H](OC4)[C@H](NC(=O)c3csc1n3)c1nc(cs1)C(=O)N2. The molecule has 8 aromatic rings. The van der Waals surface area contributed by atoms with Crippen molar-refractivity contribution in [1.82, 2.24) is 71.0 Å². The van der Waals surface area contributed by atoms with Crippen molar-refractivity contribution in [1.29, 1.82) is 0 Å². The van der Waals surface area contributed by atoms with Crippen molar-refractivity contribution in [3.63, 3.8) is 0 Å². The van der Waals surface area contributed by atoms with Crippen molar-refractivity contribution in [2.45, 2.75) is 140 Å². The van der Waals surface area contributed by atoms with Gasteiger partial charge in [0, 0.05) is 56.4 Å². The fourth-order valence-electron chi connectivity index (χ4n) is 13.4. The molecule has 10 N–H and O–H groups in total. The van der Waals surface area contributed by atoms with Gasteiger partial charge in [-0.1, -0.05) is 12.1 Å². The third-order valence-electron chi connectivity index (χ3n) is 18.3. The number of ether oxygens (including phenoxy) is 6. The molecule has 33 nitrogen and oxygen atoms in total. The summed E-state index contributed by atoms with van der Waals surface area (Å²) >= 11 is 4.54. The number of aliphatic hydroxyl groups excluding tert-OH is 2. The minimum Gasteiger partial charge on any atom is -0.506 e. The molecular formula is C66H70N14O19S5. The van der Waals surface area contributed by atoms with Crippen LogP contribution in [0, 0.1) is 0 Å². The highest BCUT2D eigenvalue weighted by atomic mass is 32.1. The van der Waals surface area contributed by atoms with Crippen LogP contribution in [-0.4, -0.2) is 219 Å². The van der Waals surface area contributed by atoms with E-state index in [1.807, 2.05) is 0 Å². The number of aromatic nitrogens is 7. The molecule has 0 unspecified atom stereocenters. The summed E-state index contributed by atoms with van der Waals surface area (Å²) in [6, 6.07) is -0.729. The highest BCUT2D eigenvalue weighted by Gasteiger charge is 2.50. The number of hydrogen-bond donors (Lipinski definition) is 10. The molecule has 5 aliphatic rings. The van der Waals surface area contributed by atoms with Crippen LogP contribution in [-0.2, 0) is 56.0 Å². The standard InChI is InChI=1S/C66H70N14O19S5/c1-26(63(89)79-14-10-12-31(79)17-81)67-53(84)36-23-103-61(72-36)47-41(83)15-32-46(74-47)35-21-101-59(69-35)34-20-97-64(90)49-33-19-95-50(51(99-42-16-66(5,92)52(78(6)7)29(4)98-42)65(91)96-18-30-11-9-13-40(43(30)33)80(49)93)48(62-73-37(24-104-62)54(85)68-34)77-56(87)39-25-102-60(71-39)45(28(3)94-8)76-57(88)44(27(2)82)75-55(86)38-22-100-58(32)70-38/h9,11,13,15,21-27,29,31,34,42,44,48,50-52,81-83,92-93H,10,12,14,16-20H2,1-8H3,(H,67,84)(H,68,85)(H,75,86)(H,76,88)(H,77,87)/b45-28+/t26-,27+,29-,31-,34-,42-,44-,48-,50-,51-,52+,66-/m0/s1. The number of aromatic hydroxyl groups is 1. The number of methoxy groups -OCH3 is 1. The number of pyridine rings is 1. The van der Waals surface area contributed by atoms with Gasteiger partial charge in [0.25, 0.3) is 23.6 Å². The summed E-state index contributed by atoms with van der Waals surface area (Å²) < 4.78 is 38.3. The second-order valence-electron chi connectivity index (χ2n) is 25.7. The van der Waals surface area contributed by atoms with Crippen LogP contribution >= 0.6 is 56.7 Å². The number of esters is 2. The van der Waals surface area contributed by atoms with Crippen LogP contribution in [0.25, 0.3) is 49.3 Å². The van der Waals surface area contributed by atoms with E-state index in [0.29, 0.717) is 29.7 Å². The maximum Gasteiger partial charge on any atom is 0.358 e. The number of thiazole rings is 5. The summed E-state index contributed by atoms with van der Waals surface area (Å²) in [4.78, 5) is 148. The Kier molecular flexibility index (Phi) is 20.8. The Bertz CT molecular complexity index is 4750. The molecule has 0 saturated carbocycles. The second-order valence-corrected chi connectivity index (χ2v) is 30.1. The smallest absolute Gasteiger partial charge is 0.358 e. The van der Waals surface area contributed by atoms with Crippen molar-refractivity contribution < 1.29 is 92.4 Å². The van der Waals surface area contributed by atoms with E-state index in [9.17, 15) is 44.8 Å². The molecule has 548 valence electrons. The number of amides is 6. The van der Waals surface area contributed by atoms with Gasteiger partial charge in [-0.05, 0) is 79.3 Å². The van der Waals surface area contributed by atoms with E-state index in [1.165, 1.54) is 71.8 Å². The Morgan fingerprint density at radius 2 is 1.53 bits per heavy atom. The molecule has 5 aliphatic heterocycles. The normalized spacial score (nSPS) is 25.2. The number of allylic oxidation sites excluding steroid dienone is 1. The van der Waals surface area contributed by atoms with E-state index in [-0.39, 0.29) is 117 Å². The van der Waals surface area contributed by atoms with Crippen molar-refractivity contribution in [3.8, 4) is 38.4 Å². The number of likely N-dealkylation sites (N-methyl/N-ethyl adjacent to an activating group) is 1. The van der Waals surface area contributed by atoms with Crippen molar-refractivity contribution >= 4 is 121 Å². The van der Waals surface area contributed by atoms with Gasteiger partial charge < -0.3 is 90.4 Å². The Morgan fingerprint density at radius 3 is 2.26 bits per heavy atom. The molecule has 0 aliphatic carbocycles. The van der Waals surface area contributed by atoms with Crippen LogP contribution in [0.2, 0.25) is 0 Å². The summed E-state index contributed by atoms with van der Waals surface area (Å²) in [5.41, 5.74) is -2.71. The minimum absolute atomic E-state index is 0.0119. The third kappa shape index (κ3) is 14.3. The topological polar surface area (TPSA) is 442 Å². The molecule has 12 atom stereocenters. The van der Waals surface area contributed by atoms with E-state index in [1.54, 1.807) is 45.0 Å². The van der Waals surface area contributed by atoms with Gasteiger partial charge in [-0.2, -0.15) is 4.73 Å². The van der Waals surface area contributed by atoms with Gasteiger partial charge >= 0.3 is 11.9 Å². The molecule has 6 amide bonds. The summed E-state index contributed by atoms with van der Waals surface area (Å²) in [6.07, 6.45) is -6.27. The zero-order valence-corrected chi connectivity index (χ0v) is 60.8. The number of fused-ring (bicyclic) bond motifs is 15. The van der Waals surface area contributed by atoms with E-state index >= 15 is 19.2 Å². The number of carbonyl (C=O) groups excluding carboxylic acids is 8. The summed E-state index contributed by atoms with van der Waals surface area (Å²) in [5, 5.41) is 78.2. The zero-order valence-electron chi connectivity index (χ0n) is 56.7. The van der Waals surface area contributed by atoms with Crippen LogP contribution in [0.5, 0.6) is 5.75 Å². The lowest BCUT2D eigenvalue weighted by atomic mass is 9.85. The first-order valence-electron chi connectivity index (χ1n) is 32.6. The van der Waals surface area contributed by atoms with Crippen LogP contribution in [0.15, 0.2) is 56.9 Å². The Balaban J connectivity index is 0.958. The molecule has 2 fully saturated rings. The van der Waals surface area contributed by atoms with Crippen LogP contribution in [0.1, 0.15) is 145 Å². The van der Waals surface area contributed by atoms with Crippen LogP contribution < -0.4 is 26.6 Å². The summed E-state index contributed by atoms with van der Waals surface area (Å²) in [6.45, 7) is 5.94.